The Hall–Kier alpha value is -2.12. The molecule has 1 aliphatic heterocycles. The van der Waals surface area contributed by atoms with Crippen LogP contribution in [-0.4, -0.2) is 71.7 Å². The fourth-order valence-electron chi connectivity index (χ4n) is 2.74. The van der Waals surface area contributed by atoms with Crippen LogP contribution in [0.1, 0.15) is 17.4 Å². The molecule has 0 atom stereocenters. The topological polar surface area (TPSA) is 77.4 Å². The summed E-state index contributed by atoms with van der Waals surface area (Å²) in [5, 5.41) is 9.78. The van der Waals surface area contributed by atoms with Crippen LogP contribution in [0.5, 0.6) is 0 Å². The molecule has 1 amide bonds. The highest BCUT2D eigenvalue weighted by atomic mass is 16.3. The van der Waals surface area contributed by atoms with E-state index in [4.69, 9.17) is 4.42 Å². The van der Waals surface area contributed by atoms with Crippen LogP contribution in [0.4, 0.5) is 0 Å². The molecule has 0 radical (unpaired) electrons. The van der Waals surface area contributed by atoms with Crippen LogP contribution in [0, 0.1) is 0 Å². The van der Waals surface area contributed by atoms with E-state index in [1.54, 1.807) is 18.4 Å². The molecule has 124 valence electrons. The third-order valence-corrected chi connectivity index (χ3v) is 4.22. The number of aromatic amines is 1. The highest BCUT2D eigenvalue weighted by molar-refractivity contribution is 5.93. The van der Waals surface area contributed by atoms with Gasteiger partial charge in [-0.15, -0.1) is 0 Å². The smallest absolute Gasteiger partial charge is 0.271 e. The minimum atomic E-state index is -0.161. The van der Waals surface area contributed by atoms with Crippen molar-refractivity contribution in [3.05, 3.63) is 30.2 Å². The van der Waals surface area contributed by atoms with E-state index in [9.17, 15) is 4.79 Å². The lowest BCUT2D eigenvalue weighted by molar-refractivity contribution is 0.0933. The molecule has 0 unspecified atom stereocenters. The van der Waals surface area contributed by atoms with Crippen LogP contribution in [0.25, 0.3) is 11.5 Å². The maximum absolute atomic E-state index is 12.1. The van der Waals surface area contributed by atoms with E-state index >= 15 is 0 Å². The predicted molar refractivity (Wildman–Crippen MR) is 87.2 cm³/mol. The molecule has 0 aliphatic carbocycles. The lowest BCUT2D eigenvalue weighted by Crippen LogP contribution is -2.48. The van der Waals surface area contributed by atoms with Crippen molar-refractivity contribution < 1.29 is 9.21 Å². The minimum absolute atomic E-state index is 0.161. The second kappa shape index (κ2) is 7.43. The number of piperazine rings is 1. The molecule has 1 saturated heterocycles. The average Bonchev–Trinajstić information content (AvgIpc) is 3.26. The van der Waals surface area contributed by atoms with Crippen molar-refractivity contribution in [2.75, 3.05) is 45.8 Å². The quantitative estimate of drug-likeness (QED) is 0.832. The number of carbonyl (C=O) groups is 1. The molecule has 0 aromatic carbocycles. The van der Waals surface area contributed by atoms with Gasteiger partial charge in [0, 0.05) is 45.3 Å². The van der Waals surface area contributed by atoms with Crippen LogP contribution in [0.15, 0.2) is 28.9 Å². The molecule has 3 rings (SSSR count). The first-order valence-electron chi connectivity index (χ1n) is 8.08. The number of rotatable bonds is 6. The maximum Gasteiger partial charge on any atom is 0.271 e. The van der Waals surface area contributed by atoms with Gasteiger partial charge in [0.1, 0.15) is 5.69 Å². The first-order valence-corrected chi connectivity index (χ1v) is 8.08. The molecule has 2 N–H and O–H groups in total. The number of likely N-dealkylation sites (N-methyl/N-ethyl adjacent to an activating group) is 1. The number of nitrogens with one attached hydrogen (secondary N) is 2. The normalized spacial score (nSPS) is 16.6. The van der Waals surface area contributed by atoms with Gasteiger partial charge in [-0.05, 0) is 18.7 Å². The molecule has 1 aliphatic rings. The molecule has 0 bridgehead atoms. The van der Waals surface area contributed by atoms with Crippen molar-refractivity contribution in [2.24, 2.45) is 0 Å². The molecule has 1 fully saturated rings. The zero-order valence-electron chi connectivity index (χ0n) is 13.4. The molecule has 0 saturated carbocycles. The lowest BCUT2D eigenvalue weighted by Gasteiger charge is -2.33. The summed E-state index contributed by atoms with van der Waals surface area (Å²) in [6.07, 6.45) is 1.59. The lowest BCUT2D eigenvalue weighted by atomic mass is 10.3. The summed E-state index contributed by atoms with van der Waals surface area (Å²) in [7, 11) is 0. The van der Waals surface area contributed by atoms with Gasteiger partial charge < -0.3 is 14.6 Å². The molecule has 2 aromatic rings. The summed E-state index contributed by atoms with van der Waals surface area (Å²) < 4.78 is 5.28. The van der Waals surface area contributed by atoms with Crippen LogP contribution >= 0.6 is 0 Å². The average molecular weight is 317 g/mol. The Kier molecular flexibility index (Phi) is 5.09. The second-order valence-corrected chi connectivity index (χ2v) is 5.68. The van der Waals surface area contributed by atoms with Crippen molar-refractivity contribution >= 4 is 5.91 Å². The van der Waals surface area contributed by atoms with E-state index in [0.29, 0.717) is 23.7 Å². The van der Waals surface area contributed by atoms with Crippen LogP contribution in [-0.2, 0) is 0 Å². The summed E-state index contributed by atoms with van der Waals surface area (Å²) >= 11 is 0. The van der Waals surface area contributed by atoms with Crippen LogP contribution in [0.3, 0.4) is 0 Å². The number of nitrogens with zero attached hydrogens (tertiary/aromatic N) is 3. The van der Waals surface area contributed by atoms with Gasteiger partial charge in [0.15, 0.2) is 11.5 Å². The number of carbonyl (C=O) groups excluding carboxylic acids is 1. The Morgan fingerprint density at radius 3 is 2.83 bits per heavy atom. The largest absolute Gasteiger partial charge is 0.463 e. The maximum atomic E-state index is 12.1. The van der Waals surface area contributed by atoms with E-state index in [1.807, 2.05) is 6.07 Å². The van der Waals surface area contributed by atoms with Crippen molar-refractivity contribution in [1.82, 2.24) is 25.3 Å². The second-order valence-electron chi connectivity index (χ2n) is 5.68. The monoisotopic (exact) mass is 317 g/mol. The van der Waals surface area contributed by atoms with Crippen molar-refractivity contribution in [1.29, 1.82) is 0 Å². The number of furan rings is 1. The molecular formula is C16H23N5O2. The number of H-pyrrole nitrogens is 1. The van der Waals surface area contributed by atoms with E-state index < -0.39 is 0 Å². The molecule has 7 heteroatoms. The first-order chi connectivity index (χ1) is 11.3. The molecule has 7 nitrogen and oxygen atoms in total. The van der Waals surface area contributed by atoms with E-state index in [2.05, 4.69) is 32.2 Å². The summed E-state index contributed by atoms with van der Waals surface area (Å²) in [5.41, 5.74) is 1.09. The van der Waals surface area contributed by atoms with E-state index in [0.717, 1.165) is 39.3 Å². The van der Waals surface area contributed by atoms with Crippen molar-refractivity contribution in [2.45, 2.75) is 6.92 Å². The van der Waals surface area contributed by atoms with Gasteiger partial charge in [0.05, 0.1) is 6.26 Å². The van der Waals surface area contributed by atoms with E-state index in [1.165, 1.54) is 0 Å². The highest BCUT2D eigenvalue weighted by Gasteiger charge is 2.16. The molecular weight excluding hydrogens is 294 g/mol. The van der Waals surface area contributed by atoms with E-state index in [-0.39, 0.29) is 5.91 Å². The zero-order chi connectivity index (χ0) is 16.1. The molecule has 23 heavy (non-hydrogen) atoms. The number of hydrogen-bond acceptors (Lipinski definition) is 5. The standard InChI is InChI=1S/C16H23N5O2/c1-2-20-7-9-21(10-8-20)6-5-17-16(22)14-12-13(18-19-14)15-4-3-11-23-15/h3-4,11-12H,2,5-10H2,1H3,(H,17,22)(H,18,19). The summed E-state index contributed by atoms with van der Waals surface area (Å²) in [6.45, 7) is 9.15. The SMILES string of the molecule is CCN1CCN(CCNC(=O)c2cc(-c3ccco3)[nH]n2)CC1. The fraction of sp³-hybridized carbons (Fsp3) is 0.500. The summed E-state index contributed by atoms with van der Waals surface area (Å²) in [5.74, 6) is 0.511. The van der Waals surface area contributed by atoms with Gasteiger partial charge in [-0.1, -0.05) is 6.92 Å². The van der Waals surface area contributed by atoms with Gasteiger partial charge in [0.2, 0.25) is 0 Å². The Bertz CT molecular complexity index is 614. The van der Waals surface area contributed by atoms with Crippen molar-refractivity contribution in [3.8, 4) is 11.5 Å². The molecule has 0 spiro atoms. The minimum Gasteiger partial charge on any atom is -0.463 e. The zero-order valence-corrected chi connectivity index (χ0v) is 13.4. The first kappa shape index (κ1) is 15.8. The fourth-order valence-corrected chi connectivity index (χ4v) is 2.74. The third-order valence-electron chi connectivity index (χ3n) is 4.22. The third kappa shape index (κ3) is 4.00. The molecule has 2 aromatic heterocycles. The van der Waals surface area contributed by atoms with Crippen LogP contribution in [0.2, 0.25) is 0 Å². The van der Waals surface area contributed by atoms with Gasteiger partial charge in [-0.2, -0.15) is 5.10 Å². The van der Waals surface area contributed by atoms with Gasteiger partial charge in [0.25, 0.3) is 5.91 Å². The summed E-state index contributed by atoms with van der Waals surface area (Å²) in [4.78, 5) is 16.9. The number of aromatic nitrogens is 2. The number of hydrogen-bond donors (Lipinski definition) is 2. The Morgan fingerprint density at radius 1 is 1.35 bits per heavy atom. The Labute approximate surface area is 135 Å². The Balaban J connectivity index is 1.43. The summed E-state index contributed by atoms with van der Waals surface area (Å²) in [6, 6.07) is 5.33. The Morgan fingerprint density at radius 2 is 2.13 bits per heavy atom. The number of amides is 1. The van der Waals surface area contributed by atoms with Gasteiger partial charge in [-0.25, -0.2) is 0 Å². The van der Waals surface area contributed by atoms with Crippen molar-refractivity contribution in [3.63, 3.8) is 0 Å². The van der Waals surface area contributed by atoms with Crippen LogP contribution < -0.4 is 5.32 Å². The highest BCUT2D eigenvalue weighted by Crippen LogP contribution is 2.17. The predicted octanol–water partition coefficient (Wildman–Crippen LogP) is 1.04. The van der Waals surface area contributed by atoms with Gasteiger partial charge in [-0.3, -0.25) is 14.8 Å². The molecule has 3 heterocycles. The van der Waals surface area contributed by atoms with Gasteiger partial charge >= 0.3 is 0 Å².